The van der Waals surface area contributed by atoms with Gasteiger partial charge in [-0.3, -0.25) is 9.69 Å². The van der Waals surface area contributed by atoms with Crippen LogP contribution in [0.15, 0.2) is 4.52 Å². The number of nitrogens with one attached hydrogen (secondary N) is 1. The van der Waals surface area contributed by atoms with Crippen LogP contribution in [-0.2, 0) is 11.3 Å². The molecular formula is C14H22F2N4O2. The summed E-state index contributed by atoms with van der Waals surface area (Å²) in [6.45, 7) is 5.22. The number of amides is 1. The van der Waals surface area contributed by atoms with Crippen molar-refractivity contribution in [1.29, 1.82) is 0 Å². The van der Waals surface area contributed by atoms with Gasteiger partial charge in [0, 0.05) is 12.5 Å². The summed E-state index contributed by atoms with van der Waals surface area (Å²) in [5, 5.41) is 6.20. The highest BCUT2D eigenvalue weighted by molar-refractivity contribution is 5.78. The van der Waals surface area contributed by atoms with Crippen molar-refractivity contribution in [2.45, 2.75) is 45.6 Å². The molecule has 2 heterocycles. The molecule has 0 radical (unpaired) electrons. The van der Waals surface area contributed by atoms with E-state index in [1.54, 1.807) is 0 Å². The summed E-state index contributed by atoms with van der Waals surface area (Å²) >= 11 is 0. The number of alkyl halides is 2. The molecule has 1 amide bonds. The molecule has 0 saturated carbocycles. The van der Waals surface area contributed by atoms with Crippen LogP contribution in [-0.4, -0.2) is 47.0 Å². The van der Waals surface area contributed by atoms with Crippen LogP contribution in [0.2, 0.25) is 0 Å². The highest BCUT2D eigenvalue weighted by Crippen LogP contribution is 2.19. The maximum absolute atomic E-state index is 12.1. The van der Waals surface area contributed by atoms with Crippen LogP contribution in [0.1, 0.15) is 44.3 Å². The van der Waals surface area contributed by atoms with Gasteiger partial charge in [0.15, 0.2) is 5.82 Å². The molecule has 0 aliphatic carbocycles. The molecular weight excluding hydrogens is 294 g/mol. The van der Waals surface area contributed by atoms with E-state index in [4.69, 9.17) is 4.52 Å². The molecule has 1 fully saturated rings. The van der Waals surface area contributed by atoms with Crippen molar-refractivity contribution < 1.29 is 18.1 Å². The topological polar surface area (TPSA) is 71.3 Å². The Labute approximate surface area is 128 Å². The Kier molecular flexibility index (Phi) is 5.82. The number of hydrogen-bond donors (Lipinski definition) is 1. The number of halogens is 2. The maximum atomic E-state index is 12.1. The van der Waals surface area contributed by atoms with Crippen LogP contribution < -0.4 is 5.32 Å². The second-order valence-electron chi connectivity index (χ2n) is 5.91. The van der Waals surface area contributed by atoms with E-state index in [1.165, 1.54) is 0 Å². The summed E-state index contributed by atoms with van der Waals surface area (Å²) in [6.07, 6.45) is -0.957. The summed E-state index contributed by atoms with van der Waals surface area (Å²) in [4.78, 5) is 18.2. The number of piperidine rings is 1. The van der Waals surface area contributed by atoms with Crippen LogP contribution in [0.3, 0.4) is 0 Å². The van der Waals surface area contributed by atoms with Crippen LogP contribution in [0.4, 0.5) is 8.78 Å². The zero-order chi connectivity index (χ0) is 16.1. The van der Waals surface area contributed by atoms with Gasteiger partial charge in [-0.05, 0) is 19.4 Å². The van der Waals surface area contributed by atoms with Crippen LogP contribution in [0.25, 0.3) is 0 Å². The number of carbonyl (C=O) groups is 1. The van der Waals surface area contributed by atoms with Crippen molar-refractivity contribution in [1.82, 2.24) is 20.4 Å². The average molecular weight is 316 g/mol. The first-order valence-corrected chi connectivity index (χ1v) is 7.56. The van der Waals surface area contributed by atoms with Crippen molar-refractivity contribution in [2.24, 2.45) is 5.92 Å². The molecule has 1 unspecified atom stereocenters. The quantitative estimate of drug-likeness (QED) is 0.866. The summed E-state index contributed by atoms with van der Waals surface area (Å²) < 4.78 is 29.5. The molecule has 6 nitrogen and oxygen atoms in total. The second kappa shape index (κ2) is 7.62. The maximum Gasteiger partial charge on any atom is 0.255 e. The van der Waals surface area contributed by atoms with Crippen molar-refractivity contribution in [3.05, 3.63) is 11.7 Å². The lowest BCUT2D eigenvalue weighted by Crippen LogP contribution is -2.43. The molecule has 1 saturated heterocycles. The smallest absolute Gasteiger partial charge is 0.255 e. The molecule has 22 heavy (non-hydrogen) atoms. The molecule has 1 atom stereocenters. The Bertz CT molecular complexity index is 493. The second-order valence-corrected chi connectivity index (χ2v) is 5.91. The van der Waals surface area contributed by atoms with Crippen molar-refractivity contribution >= 4 is 5.91 Å². The third kappa shape index (κ3) is 4.72. The van der Waals surface area contributed by atoms with E-state index >= 15 is 0 Å². The minimum atomic E-state index is -2.52. The summed E-state index contributed by atoms with van der Waals surface area (Å²) in [5.41, 5.74) is 0. The lowest BCUT2D eigenvalue weighted by Gasteiger charge is -2.30. The largest absolute Gasteiger partial charge is 0.350 e. The number of carbonyl (C=O) groups excluding carboxylic acids is 1. The van der Waals surface area contributed by atoms with Crippen LogP contribution in [0.5, 0.6) is 0 Å². The first-order chi connectivity index (χ1) is 10.5. The van der Waals surface area contributed by atoms with E-state index in [2.05, 4.69) is 15.5 Å². The van der Waals surface area contributed by atoms with Gasteiger partial charge in [-0.15, -0.1) is 0 Å². The van der Waals surface area contributed by atoms with Crippen molar-refractivity contribution in [3.63, 3.8) is 0 Å². The number of nitrogens with zero attached hydrogens (tertiary/aromatic N) is 3. The van der Waals surface area contributed by atoms with Gasteiger partial charge in [-0.1, -0.05) is 19.0 Å². The van der Waals surface area contributed by atoms with Crippen LogP contribution >= 0.6 is 0 Å². The van der Waals surface area contributed by atoms with Gasteiger partial charge in [-0.2, -0.15) is 4.98 Å². The Hall–Kier alpha value is -1.57. The molecule has 0 spiro atoms. The minimum Gasteiger partial charge on any atom is -0.350 e. The molecule has 2 rings (SSSR count). The lowest BCUT2D eigenvalue weighted by atomic mass is 9.97. The molecule has 0 bridgehead atoms. The van der Waals surface area contributed by atoms with Gasteiger partial charge in [0.05, 0.1) is 19.0 Å². The van der Waals surface area contributed by atoms with E-state index in [0.29, 0.717) is 31.2 Å². The molecule has 1 aromatic heterocycles. The fourth-order valence-corrected chi connectivity index (χ4v) is 2.49. The fourth-order valence-electron chi connectivity index (χ4n) is 2.49. The predicted octanol–water partition coefficient (Wildman–Crippen LogP) is 1.79. The standard InChI is InChI=1S/C14H22F2N4O2/c1-9(2)13-18-12(22-19-13)8-20-5-3-4-10(7-20)14(21)17-6-11(15)16/h9-11H,3-8H2,1-2H3,(H,17,21). The number of likely N-dealkylation sites (tertiary alicyclic amines) is 1. The molecule has 8 heteroatoms. The number of aromatic nitrogens is 2. The number of rotatable bonds is 6. The summed E-state index contributed by atoms with van der Waals surface area (Å²) in [6, 6.07) is 0. The molecule has 1 aliphatic rings. The average Bonchev–Trinajstić information content (AvgIpc) is 2.93. The highest BCUT2D eigenvalue weighted by atomic mass is 19.3. The van der Waals surface area contributed by atoms with E-state index in [-0.39, 0.29) is 17.7 Å². The molecule has 1 aliphatic heterocycles. The Morgan fingerprint density at radius 2 is 2.27 bits per heavy atom. The Balaban J connectivity index is 1.85. The number of hydrogen-bond acceptors (Lipinski definition) is 5. The monoisotopic (exact) mass is 316 g/mol. The van der Waals surface area contributed by atoms with Gasteiger partial charge in [0.2, 0.25) is 11.8 Å². The fraction of sp³-hybridized carbons (Fsp3) is 0.786. The van der Waals surface area contributed by atoms with E-state index < -0.39 is 13.0 Å². The first kappa shape index (κ1) is 16.8. The third-order valence-electron chi connectivity index (χ3n) is 3.67. The highest BCUT2D eigenvalue weighted by Gasteiger charge is 2.27. The minimum absolute atomic E-state index is 0.201. The summed E-state index contributed by atoms with van der Waals surface area (Å²) in [7, 11) is 0. The molecule has 124 valence electrons. The predicted molar refractivity (Wildman–Crippen MR) is 75.4 cm³/mol. The van der Waals surface area contributed by atoms with Gasteiger partial charge in [0.1, 0.15) is 0 Å². The van der Waals surface area contributed by atoms with Crippen molar-refractivity contribution in [2.75, 3.05) is 19.6 Å². The normalized spacial score (nSPS) is 19.8. The van der Waals surface area contributed by atoms with E-state index in [9.17, 15) is 13.6 Å². The van der Waals surface area contributed by atoms with Crippen LogP contribution in [0, 0.1) is 5.92 Å². The zero-order valence-corrected chi connectivity index (χ0v) is 12.9. The van der Waals surface area contributed by atoms with Gasteiger partial charge in [0.25, 0.3) is 6.43 Å². The van der Waals surface area contributed by atoms with E-state index in [1.807, 2.05) is 18.7 Å². The first-order valence-electron chi connectivity index (χ1n) is 7.56. The van der Waals surface area contributed by atoms with Crippen molar-refractivity contribution in [3.8, 4) is 0 Å². The molecule has 1 aromatic rings. The molecule has 1 N–H and O–H groups in total. The van der Waals surface area contributed by atoms with E-state index in [0.717, 1.165) is 13.0 Å². The van der Waals surface area contributed by atoms with Gasteiger partial charge in [-0.25, -0.2) is 8.78 Å². The third-order valence-corrected chi connectivity index (χ3v) is 3.67. The Morgan fingerprint density at radius 3 is 2.91 bits per heavy atom. The van der Waals surface area contributed by atoms with Gasteiger partial charge < -0.3 is 9.84 Å². The SMILES string of the molecule is CC(C)c1noc(CN2CCCC(C(=O)NCC(F)F)C2)n1. The summed E-state index contributed by atoms with van der Waals surface area (Å²) in [5.74, 6) is 0.820. The molecule has 0 aromatic carbocycles. The Morgan fingerprint density at radius 1 is 1.50 bits per heavy atom. The van der Waals surface area contributed by atoms with Gasteiger partial charge >= 0.3 is 0 Å². The zero-order valence-electron chi connectivity index (χ0n) is 12.9. The lowest BCUT2D eigenvalue weighted by molar-refractivity contribution is -0.127.